The number of hydrogen-bond acceptors (Lipinski definition) is 0. The molecule has 2 aromatic rings. The maximum absolute atomic E-state index is 3.58. The first-order valence-corrected chi connectivity index (χ1v) is 7.87. The summed E-state index contributed by atoms with van der Waals surface area (Å²) in [7, 11) is -0.265. The summed E-state index contributed by atoms with van der Waals surface area (Å²) in [6, 6.07) is 15.1. The van der Waals surface area contributed by atoms with Gasteiger partial charge in [0.2, 0.25) is 0 Å². The third-order valence-corrected chi connectivity index (χ3v) is 5.56. The largest absolute Gasteiger partial charge is 0.0841 e. The first kappa shape index (κ1) is 10.4. The number of alkyl halides is 2. The summed E-state index contributed by atoms with van der Waals surface area (Å²) in [5, 5.41) is 4.27. The fraction of sp³-hybridized carbons (Fsp3) is 0.0909. The molecule has 0 atom stereocenters. The predicted molar refractivity (Wildman–Crippen MR) is 73.8 cm³/mol. The van der Waals surface area contributed by atoms with Crippen molar-refractivity contribution in [3.8, 4) is 0 Å². The van der Waals surface area contributed by atoms with Crippen LogP contribution in [0.25, 0.3) is 10.8 Å². The molecular formula is C11H10Br2Si. The molecule has 0 aromatic heterocycles. The van der Waals surface area contributed by atoms with Crippen LogP contribution in [-0.2, 0) is 0 Å². The van der Waals surface area contributed by atoms with Gasteiger partial charge in [-0.05, 0) is 10.8 Å². The van der Waals surface area contributed by atoms with Crippen molar-refractivity contribution < 1.29 is 0 Å². The summed E-state index contributed by atoms with van der Waals surface area (Å²) in [6.07, 6.45) is 0. The van der Waals surface area contributed by atoms with Crippen LogP contribution in [0, 0.1) is 0 Å². The Morgan fingerprint density at radius 1 is 0.929 bits per heavy atom. The third kappa shape index (κ3) is 2.27. The van der Waals surface area contributed by atoms with Crippen LogP contribution in [0.15, 0.2) is 42.5 Å². The summed E-state index contributed by atoms with van der Waals surface area (Å²) in [4.78, 5) is 0. The molecule has 0 aliphatic carbocycles. The van der Waals surface area contributed by atoms with E-state index >= 15 is 0 Å². The van der Waals surface area contributed by atoms with Gasteiger partial charge in [0.05, 0.1) is 12.9 Å². The second-order valence-electron chi connectivity index (χ2n) is 3.23. The number of benzene rings is 2. The highest BCUT2D eigenvalue weighted by Gasteiger charge is 2.04. The molecule has 0 radical (unpaired) electrons. The van der Waals surface area contributed by atoms with Gasteiger partial charge in [0.1, 0.15) is 0 Å². The Morgan fingerprint density at radius 2 is 1.64 bits per heavy atom. The van der Waals surface area contributed by atoms with E-state index in [9.17, 15) is 0 Å². The van der Waals surface area contributed by atoms with Crippen molar-refractivity contribution in [3.63, 3.8) is 0 Å². The molecule has 0 fully saturated rings. The van der Waals surface area contributed by atoms with E-state index in [1.165, 1.54) is 16.0 Å². The van der Waals surface area contributed by atoms with E-state index < -0.39 is 0 Å². The highest BCUT2D eigenvalue weighted by Crippen LogP contribution is 2.13. The van der Waals surface area contributed by atoms with E-state index in [0.29, 0.717) is 3.36 Å². The summed E-state index contributed by atoms with van der Waals surface area (Å²) >= 11 is 7.15. The lowest BCUT2D eigenvalue weighted by Crippen LogP contribution is -2.20. The van der Waals surface area contributed by atoms with Gasteiger partial charge >= 0.3 is 0 Å². The number of hydrogen-bond donors (Lipinski definition) is 0. The Labute approximate surface area is 103 Å². The van der Waals surface area contributed by atoms with Crippen LogP contribution in [0.1, 0.15) is 0 Å². The Hall–Kier alpha value is -0.123. The van der Waals surface area contributed by atoms with Gasteiger partial charge < -0.3 is 0 Å². The molecular weight excluding hydrogens is 320 g/mol. The van der Waals surface area contributed by atoms with Crippen LogP contribution in [0.4, 0.5) is 0 Å². The van der Waals surface area contributed by atoms with Crippen LogP contribution in [0.2, 0.25) is 0 Å². The smallest absolute Gasteiger partial charge is 0.0805 e. The molecule has 0 amide bonds. The number of fused-ring (bicyclic) bond motifs is 1. The zero-order valence-corrected chi connectivity index (χ0v) is 12.2. The van der Waals surface area contributed by atoms with Gasteiger partial charge in [-0.3, -0.25) is 0 Å². The van der Waals surface area contributed by atoms with Gasteiger partial charge in [0, 0.05) is 0 Å². The monoisotopic (exact) mass is 328 g/mol. The highest BCUT2D eigenvalue weighted by molar-refractivity contribution is 9.25. The second kappa shape index (κ2) is 4.60. The van der Waals surface area contributed by atoms with E-state index in [4.69, 9.17) is 0 Å². The standard InChI is InChI=1S/C11H10Br2Si/c12-11(13)14-10-7-3-5-8-4-1-2-6-9(8)10/h1-7,11H,14H2. The Kier molecular flexibility index (Phi) is 3.41. The molecule has 0 aliphatic heterocycles. The first-order valence-electron chi connectivity index (χ1n) is 4.52. The maximum atomic E-state index is 3.58. The fourth-order valence-corrected chi connectivity index (χ4v) is 4.88. The van der Waals surface area contributed by atoms with E-state index in [1.807, 2.05) is 0 Å². The van der Waals surface area contributed by atoms with Gasteiger partial charge in [0.25, 0.3) is 0 Å². The molecule has 0 heterocycles. The fourth-order valence-electron chi connectivity index (χ4n) is 1.64. The van der Waals surface area contributed by atoms with Crippen molar-refractivity contribution in [1.29, 1.82) is 0 Å². The Bertz CT molecular complexity index is 435. The zero-order chi connectivity index (χ0) is 9.97. The SMILES string of the molecule is BrC(Br)[SiH2]c1cccc2ccccc12. The van der Waals surface area contributed by atoms with Crippen molar-refractivity contribution in [2.75, 3.05) is 0 Å². The topological polar surface area (TPSA) is 0 Å². The molecule has 3 heteroatoms. The molecule has 2 aromatic carbocycles. The molecule has 14 heavy (non-hydrogen) atoms. The molecule has 0 unspecified atom stereocenters. The molecule has 0 saturated heterocycles. The molecule has 0 nitrogen and oxygen atoms in total. The second-order valence-corrected chi connectivity index (χ2v) is 11.1. The summed E-state index contributed by atoms with van der Waals surface area (Å²) in [6.45, 7) is 0. The number of halogens is 2. The van der Waals surface area contributed by atoms with Gasteiger partial charge in [0.15, 0.2) is 0 Å². The highest BCUT2D eigenvalue weighted by atomic mass is 79.9. The van der Waals surface area contributed by atoms with Crippen LogP contribution in [0.5, 0.6) is 0 Å². The van der Waals surface area contributed by atoms with Crippen molar-refractivity contribution in [2.45, 2.75) is 3.36 Å². The van der Waals surface area contributed by atoms with Crippen LogP contribution >= 0.6 is 31.9 Å². The van der Waals surface area contributed by atoms with Gasteiger partial charge in [-0.2, -0.15) is 0 Å². The number of rotatable bonds is 2. The maximum Gasteiger partial charge on any atom is 0.0841 e. The molecule has 0 bridgehead atoms. The molecule has 0 saturated carbocycles. The first-order chi connectivity index (χ1) is 6.77. The van der Waals surface area contributed by atoms with Crippen molar-refractivity contribution in [3.05, 3.63) is 42.5 Å². The molecule has 72 valence electrons. The average molecular weight is 330 g/mol. The minimum Gasteiger partial charge on any atom is -0.0805 e. The van der Waals surface area contributed by atoms with Gasteiger partial charge in [-0.1, -0.05) is 79.5 Å². The minimum atomic E-state index is -0.265. The van der Waals surface area contributed by atoms with Crippen molar-refractivity contribution in [1.82, 2.24) is 0 Å². The van der Waals surface area contributed by atoms with E-state index in [-0.39, 0.29) is 9.52 Å². The Morgan fingerprint density at radius 3 is 2.43 bits per heavy atom. The predicted octanol–water partition coefficient (Wildman–Crippen LogP) is 2.71. The molecule has 0 N–H and O–H groups in total. The summed E-state index contributed by atoms with van der Waals surface area (Å²) in [5.41, 5.74) is 0. The van der Waals surface area contributed by atoms with Crippen molar-refractivity contribution >= 4 is 57.3 Å². The summed E-state index contributed by atoms with van der Waals surface area (Å²) < 4.78 is 0.487. The lowest BCUT2D eigenvalue weighted by atomic mass is 10.1. The molecule has 0 spiro atoms. The zero-order valence-electron chi connectivity index (χ0n) is 7.58. The van der Waals surface area contributed by atoms with Gasteiger partial charge in [-0.25, -0.2) is 0 Å². The van der Waals surface area contributed by atoms with Crippen LogP contribution in [0.3, 0.4) is 0 Å². The average Bonchev–Trinajstić information content (AvgIpc) is 2.18. The van der Waals surface area contributed by atoms with Crippen molar-refractivity contribution in [2.24, 2.45) is 0 Å². The van der Waals surface area contributed by atoms with E-state index in [1.54, 1.807) is 0 Å². The van der Waals surface area contributed by atoms with E-state index in [0.717, 1.165) is 0 Å². The normalized spacial score (nSPS) is 11.9. The molecule has 2 rings (SSSR count). The van der Waals surface area contributed by atoms with Crippen LogP contribution in [-0.4, -0.2) is 12.9 Å². The Balaban J connectivity index is 2.53. The van der Waals surface area contributed by atoms with Gasteiger partial charge in [-0.15, -0.1) is 0 Å². The quantitative estimate of drug-likeness (QED) is 0.587. The summed E-state index contributed by atoms with van der Waals surface area (Å²) in [5.74, 6) is 0. The minimum absolute atomic E-state index is 0.265. The molecule has 0 aliphatic rings. The third-order valence-electron chi connectivity index (χ3n) is 2.25. The lowest BCUT2D eigenvalue weighted by molar-refractivity contribution is 1.77. The lowest BCUT2D eigenvalue weighted by Gasteiger charge is -2.06. The van der Waals surface area contributed by atoms with E-state index in [2.05, 4.69) is 74.3 Å². The van der Waals surface area contributed by atoms with Crippen LogP contribution < -0.4 is 5.19 Å².